The third-order valence-electron chi connectivity index (χ3n) is 2.28. The molecule has 0 saturated heterocycles. The minimum Gasteiger partial charge on any atom is -0.496 e. The van der Waals surface area contributed by atoms with Gasteiger partial charge in [0.25, 0.3) is 0 Å². The first-order chi connectivity index (χ1) is 7.67. The minimum atomic E-state index is 0.557. The third-order valence-corrected chi connectivity index (χ3v) is 4.02. The molecule has 0 amide bonds. The van der Waals surface area contributed by atoms with Gasteiger partial charge in [0.15, 0.2) is 0 Å². The Kier molecular flexibility index (Phi) is 6.40. The standard InChI is InChI=1S/C12H16Cl2OS/c1-9(5-6-13)16-8-10-7-11(14)3-4-12(10)15-2/h3-4,7,9H,5-6,8H2,1-2H3. The van der Waals surface area contributed by atoms with Gasteiger partial charge in [-0.25, -0.2) is 0 Å². The maximum absolute atomic E-state index is 5.96. The van der Waals surface area contributed by atoms with Gasteiger partial charge in [0, 0.05) is 27.5 Å². The first kappa shape index (κ1) is 14.0. The van der Waals surface area contributed by atoms with Crippen molar-refractivity contribution in [2.24, 2.45) is 0 Å². The molecule has 0 heterocycles. The number of benzene rings is 1. The predicted molar refractivity (Wildman–Crippen MR) is 74.1 cm³/mol. The summed E-state index contributed by atoms with van der Waals surface area (Å²) in [4.78, 5) is 0. The molecule has 0 radical (unpaired) electrons. The molecule has 0 aliphatic heterocycles. The van der Waals surface area contributed by atoms with Crippen molar-refractivity contribution in [1.29, 1.82) is 0 Å². The van der Waals surface area contributed by atoms with Crippen LogP contribution in [0.5, 0.6) is 5.75 Å². The lowest BCUT2D eigenvalue weighted by atomic mass is 10.2. The number of halogens is 2. The molecule has 90 valence electrons. The monoisotopic (exact) mass is 278 g/mol. The van der Waals surface area contributed by atoms with E-state index in [9.17, 15) is 0 Å². The molecule has 0 saturated carbocycles. The summed E-state index contributed by atoms with van der Waals surface area (Å²) in [5, 5.41) is 1.31. The van der Waals surface area contributed by atoms with E-state index in [1.54, 1.807) is 7.11 Å². The van der Waals surface area contributed by atoms with Crippen LogP contribution < -0.4 is 4.74 Å². The lowest BCUT2D eigenvalue weighted by molar-refractivity contribution is 0.411. The second-order valence-corrected chi connectivity index (χ2v) is 5.80. The maximum Gasteiger partial charge on any atom is 0.122 e. The van der Waals surface area contributed by atoms with E-state index >= 15 is 0 Å². The highest BCUT2D eigenvalue weighted by atomic mass is 35.5. The van der Waals surface area contributed by atoms with E-state index in [4.69, 9.17) is 27.9 Å². The van der Waals surface area contributed by atoms with Gasteiger partial charge in [0.2, 0.25) is 0 Å². The van der Waals surface area contributed by atoms with Crippen molar-refractivity contribution in [3.05, 3.63) is 28.8 Å². The lowest BCUT2D eigenvalue weighted by Crippen LogP contribution is -1.98. The number of hydrogen-bond donors (Lipinski definition) is 0. The molecular formula is C12H16Cl2OS. The number of rotatable bonds is 6. The molecule has 1 atom stereocenters. The van der Waals surface area contributed by atoms with Crippen LogP contribution in [-0.2, 0) is 5.75 Å². The molecule has 4 heteroatoms. The van der Waals surface area contributed by atoms with Crippen LogP contribution in [0.25, 0.3) is 0 Å². The Labute approximate surface area is 111 Å². The molecule has 1 nitrogen and oxygen atoms in total. The van der Waals surface area contributed by atoms with Crippen LogP contribution in [0.15, 0.2) is 18.2 Å². The van der Waals surface area contributed by atoms with Crippen molar-refractivity contribution >= 4 is 35.0 Å². The fourth-order valence-electron chi connectivity index (χ4n) is 1.33. The van der Waals surface area contributed by atoms with Crippen LogP contribution in [-0.4, -0.2) is 18.2 Å². The SMILES string of the molecule is COc1ccc(Cl)cc1CSC(C)CCCl. The topological polar surface area (TPSA) is 9.23 Å². The normalized spacial score (nSPS) is 12.5. The molecule has 0 bridgehead atoms. The molecule has 0 aliphatic carbocycles. The third kappa shape index (κ3) is 4.44. The van der Waals surface area contributed by atoms with Crippen LogP contribution in [0.3, 0.4) is 0 Å². The summed E-state index contributed by atoms with van der Waals surface area (Å²) in [6, 6.07) is 5.71. The molecular weight excluding hydrogens is 263 g/mol. The summed E-state index contributed by atoms with van der Waals surface area (Å²) in [6.07, 6.45) is 1.02. The highest BCUT2D eigenvalue weighted by molar-refractivity contribution is 7.99. The molecule has 1 rings (SSSR count). The number of methoxy groups -OCH3 is 1. The highest BCUT2D eigenvalue weighted by Gasteiger charge is 2.07. The molecule has 0 aromatic heterocycles. The van der Waals surface area contributed by atoms with Crippen molar-refractivity contribution in [1.82, 2.24) is 0 Å². The van der Waals surface area contributed by atoms with Crippen molar-refractivity contribution in [3.8, 4) is 5.75 Å². The fourth-order valence-corrected chi connectivity index (χ4v) is 2.95. The van der Waals surface area contributed by atoms with Gasteiger partial charge in [-0.3, -0.25) is 0 Å². The Bertz CT molecular complexity index is 331. The Balaban J connectivity index is 2.61. The zero-order chi connectivity index (χ0) is 12.0. The fraction of sp³-hybridized carbons (Fsp3) is 0.500. The molecule has 1 aromatic rings. The van der Waals surface area contributed by atoms with Gasteiger partial charge < -0.3 is 4.74 Å². The number of alkyl halides is 1. The molecule has 1 unspecified atom stereocenters. The van der Waals surface area contributed by atoms with E-state index in [0.717, 1.165) is 28.5 Å². The van der Waals surface area contributed by atoms with Crippen LogP contribution in [0, 0.1) is 0 Å². The summed E-state index contributed by atoms with van der Waals surface area (Å²) in [5.41, 5.74) is 1.14. The summed E-state index contributed by atoms with van der Waals surface area (Å²) in [5.74, 6) is 2.51. The Hall–Kier alpha value is -0.0500. The Morgan fingerprint density at radius 3 is 2.81 bits per heavy atom. The van der Waals surface area contributed by atoms with Gasteiger partial charge in [0.1, 0.15) is 5.75 Å². The summed E-state index contributed by atoms with van der Waals surface area (Å²) < 4.78 is 5.29. The van der Waals surface area contributed by atoms with Crippen molar-refractivity contribution < 1.29 is 4.74 Å². The molecule has 0 spiro atoms. The second kappa shape index (κ2) is 7.31. The lowest BCUT2D eigenvalue weighted by Gasteiger charge is -2.12. The van der Waals surface area contributed by atoms with Gasteiger partial charge in [-0.1, -0.05) is 18.5 Å². The van der Waals surface area contributed by atoms with E-state index in [1.165, 1.54) is 0 Å². The number of thioether (sulfide) groups is 1. The largest absolute Gasteiger partial charge is 0.496 e. The first-order valence-corrected chi connectivity index (χ1v) is 7.13. The summed E-state index contributed by atoms with van der Waals surface area (Å²) in [7, 11) is 1.68. The minimum absolute atomic E-state index is 0.557. The van der Waals surface area contributed by atoms with Crippen LogP contribution in [0.4, 0.5) is 0 Å². The maximum atomic E-state index is 5.96. The van der Waals surface area contributed by atoms with Gasteiger partial charge in [0.05, 0.1) is 7.11 Å². The predicted octanol–water partition coefficient (Wildman–Crippen LogP) is 4.60. The number of ether oxygens (including phenoxy) is 1. The van der Waals surface area contributed by atoms with Gasteiger partial charge in [-0.2, -0.15) is 11.8 Å². The molecule has 0 aliphatic rings. The van der Waals surface area contributed by atoms with E-state index in [0.29, 0.717) is 11.1 Å². The Morgan fingerprint density at radius 2 is 2.19 bits per heavy atom. The average molecular weight is 279 g/mol. The number of hydrogen-bond acceptors (Lipinski definition) is 2. The van der Waals surface area contributed by atoms with Gasteiger partial charge in [-0.05, 0) is 24.6 Å². The van der Waals surface area contributed by atoms with Crippen LogP contribution >= 0.6 is 35.0 Å². The van der Waals surface area contributed by atoms with Crippen molar-refractivity contribution in [2.45, 2.75) is 24.3 Å². The zero-order valence-electron chi connectivity index (χ0n) is 9.50. The van der Waals surface area contributed by atoms with E-state index in [1.807, 2.05) is 30.0 Å². The summed E-state index contributed by atoms with van der Waals surface area (Å²) >= 11 is 13.5. The molecule has 0 fully saturated rings. The van der Waals surface area contributed by atoms with E-state index in [-0.39, 0.29) is 0 Å². The van der Waals surface area contributed by atoms with E-state index < -0.39 is 0 Å². The van der Waals surface area contributed by atoms with Crippen LogP contribution in [0.2, 0.25) is 5.02 Å². The first-order valence-electron chi connectivity index (χ1n) is 5.17. The van der Waals surface area contributed by atoms with Crippen molar-refractivity contribution in [2.75, 3.05) is 13.0 Å². The molecule has 0 N–H and O–H groups in total. The van der Waals surface area contributed by atoms with Crippen molar-refractivity contribution in [3.63, 3.8) is 0 Å². The quantitative estimate of drug-likeness (QED) is 0.704. The van der Waals surface area contributed by atoms with E-state index in [2.05, 4.69) is 6.92 Å². The molecule has 16 heavy (non-hydrogen) atoms. The van der Waals surface area contributed by atoms with Gasteiger partial charge >= 0.3 is 0 Å². The summed E-state index contributed by atoms with van der Waals surface area (Å²) in [6.45, 7) is 2.18. The second-order valence-electron chi connectivity index (χ2n) is 3.56. The average Bonchev–Trinajstić information content (AvgIpc) is 2.27. The molecule has 1 aromatic carbocycles. The highest BCUT2D eigenvalue weighted by Crippen LogP contribution is 2.28. The van der Waals surface area contributed by atoms with Crippen LogP contribution in [0.1, 0.15) is 18.9 Å². The van der Waals surface area contributed by atoms with Gasteiger partial charge in [-0.15, -0.1) is 11.6 Å². The Morgan fingerprint density at radius 1 is 1.44 bits per heavy atom. The smallest absolute Gasteiger partial charge is 0.122 e. The zero-order valence-corrected chi connectivity index (χ0v) is 11.8.